The summed E-state index contributed by atoms with van der Waals surface area (Å²) in [4.78, 5) is 32.0. The van der Waals surface area contributed by atoms with Crippen LogP contribution in [0.2, 0.25) is 0 Å². The van der Waals surface area contributed by atoms with Gasteiger partial charge in [0.05, 0.1) is 41.6 Å². The maximum atomic E-state index is 13.6. The van der Waals surface area contributed by atoms with E-state index in [1.165, 1.54) is 31.4 Å². The van der Waals surface area contributed by atoms with E-state index >= 15 is 0 Å². The van der Waals surface area contributed by atoms with E-state index in [0.29, 0.717) is 30.8 Å². The standard InChI is InChI=1S/C32H38F3N5O6S/c1-20-17-39(30(42)46-31(2,3)4)13-11-24(20)38-29(41)23-14-21(15-26-28(23)37-19-40(26)18-32(33,34)35)8-7-12-36-25-10-9-22(47(6,43)44)16-27(25)45-5/h9-10,14-16,19-20,24,36H,11-13,17-18H2,1-6H3,(H,38,41)/t20-,24?/m0/s1. The topological polar surface area (TPSA) is 132 Å². The number of nitrogens with zero attached hydrogens (tertiary/aromatic N) is 3. The average Bonchev–Trinajstić information content (AvgIpc) is 3.35. The zero-order chi connectivity index (χ0) is 34.7. The van der Waals surface area contributed by atoms with E-state index in [2.05, 4.69) is 27.5 Å². The van der Waals surface area contributed by atoms with Crippen LogP contribution in [-0.2, 0) is 21.1 Å². The number of anilines is 1. The molecule has 1 aliphatic heterocycles. The number of ether oxygens (including phenoxy) is 2. The highest BCUT2D eigenvalue weighted by Crippen LogP contribution is 2.28. The number of hydrogen-bond donors (Lipinski definition) is 2. The second-order valence-corrected chi connectivity index (χ2v) is 14.5. The Hall–Kier alpha value is -4.45. The molecule has 0 spiro atoms. The molecule has 4 rings (SSSR count). The van der Waals surface area contributed by atoms with Gasteiger partial charge in [-0.05, 0) is 57.4 Å². The molecule has 1 aliphatic rings. The van der Waals surface area contributed by atoms with Gasteiger partial charge < -0.3 is 29.6 Å². The number of piperidine rings is 1. The number of benzene rings is 2. The summed E-state index contributed by atoms with van der Waals surface area (Å²) >= 11 is 0. The molecule has 0 bridgehead atoms. The van der Waals surface area contributed by atoms with E-state index in [-0.39, 0.29) is 45.7 Å². The van der Waals surface area contributed by atoms with Gasteiger partial charge in [-0.1, -0.05) is 18.8 Å². The van der Waals surface area contributed by atoms with Crippen molar-refractivity contribution in [1.29, 1.82) is 0 Å². The number of hydrogen-bond acceptors (Lipinski definition) is 8. The van der Waals surface area contributed by atoms with Crippen molar-refractivity contribution in [2.75, 3.05) is 38.3 Å². The van der Waals surface area contributed by atoms with Crippen LogP contribution < -0.4 is 15.4 Å². The minimum atomic E-state index is -4.52. The lowest BCUT2D eigenvalue weighted by molar-refractivity contribution is -0.140. The van der Waals surface area contributed by atoms with Crippen LogP contribution in [0.5, 0.6) is 5.75 Å². The van der Waals surface area contributed by atoms with Gasteiger partial charge in [-0.15, -0.1) is 0 Å². The highest BCUT2D eigenvalue weighted by molar-refractivity contribution is 7.90. The smallest absolute Gasteiger partial charge is 0.410 e. The summed E-state index contributed by atoms with van der Waals surface area (Å²) in [6.07, 6.45) is -2.37. The van der Waals surface area contributed by atoms with Gasteiger partial charge in [0.1, 0.15) is 23.4 Å². The van der Waals surface area contributed by atoms with Crippen LogP contribution in [0.15, 0.2) is 41.6 Å². The van der Waals surface area contributed by atoms with Crippen LogP contribution in [-0.4, -0.2) is 85.7 Å². The van der Waals surface area contributed by atoms with Crippen LogP contribution in [0.1, 0.15) is 50.0 Å². The first-order valence-electron chi connectivity index (χ1n) is 14.8. The molecule has 1 unspecified atom stereocenters. The van der Waals surface area contributed by atoms with E-state index in [9.17, 15) is 31.2 Å². The number of rotatable bonds is 7. The largest absolute Gasteiger partial charge is 0.495 e. The van der Waals surface area contributed by atoms with Crippen LogP contribution in [0, 0.1) is 17.8 Å². The normalized spacial score (nSPS) is 17.1. The molecular weight excluding hydrogens is 639 g/mol. The summed E-state index contributed by atoms with van der Waals surface area (Å²) in [7, 11) is -2.05. The number of sulfone groups is 1. The summed E-state index contributed by atoms with van der Waals surface area (Å²) in [6, 6.07) is 6.97. The molecule has 2 aromatic carbocycles. The Balaban J connectivity index is 1.56. The lowest BCUT2D eigenvalue weighted by atomic mass is 9.93. The third kappa shape index (κ3) is 9.31. The van der Waals surface area contributed by atoms with Crippen molar-refractivity contribution in [3.63, 3.8) is 0 Å². The van der Waals surface area contributed by atoms with Crippen molar-refractivity contribution in [3.8, 4) is 17.6 Å². The van der Waals surface area contributed by atoms with Crippen molar-refractivity contribution >= 4 is 38.6 Å². The molecule has 1 saturated heterocycles. The molecule has 15 heteroatoms. The van der Waals surface area contributed by atoms with E-state index in [4.69, 9.17) is 9.47 Å². The first kappa shape index (κ1) is 35.4. The Morgan fingerprint density at radius 1 is 1.15 bits per heavy atom. The van der Waals surface area contributed by atoms with Gasteiger partial charge in [-0.25, -0.2) is 18.2 Å². The van der Waals surface area contributed by atoms with Crippen molar-refractivity contribution in [2.24, 2.45) is 5.92 Å². The third-order valence-electron chi connectivity index (χ3n) is 7.39. The number of nitrogens with one attached hydrogen (secondary N) is 2. The monoisotopic (exact) mass is 677 g/mol. The first-order chi connectivity index (χ1) is 21.8. The summed E-state index contributed by atoms with van der Waals surface area (Å²) in [6.45, 7) is 6.74. The van der Waals surface area contributed by atoms with Crippen molar-refractivity contribution < 1.29 is 40.7 Å². The second-order valence-electron chi connectivity index (χ2n) is 12.4. The van der Waals surface area contributed by atoms with Crippen molar-refractivity contribution in [3.05, 3.63) is 47.8 Å². The van der Waals surface area contributed by atoms with E-state index in [1.807, 2.05) is 6.92 Å². The second kappa shape index (κ2) is 13.7. The van der Waals surface area contributed by atoms with Gasteiger partial charge in [0, 0.05) is 37.0 Å². The van der Waals surface area contributed by atoms with Gasteiger partial charge in [0.15, 0.2) is 9.84 Å². The maximum Gasteiger partial charge on any atom is 0.410 e. The zero-order valence-electron chi connectivity index (χ0n) is 27.0. The van der Waals surface area contributed by atoms with Crippen molar-refractivity contribution in [1.82, 2.24) is 19.8 Å². The lowest BCUT2D eigenvalue weighted by Gasteiger charge is -2.37. The minimum Gasteiger partial charge on any atom is -0.495 e. The summed E-state index contributed by atoms with van der Waals surface area (Å²) < 4.78 is 75.5. The van der Waals surface area contributed by atoms with E-state index in [1.54, 1.807) is 31.7 Å². The molecule has 0 aliphatic carbocycles. The van der Waals surface area contributed by atoms with Gasteiger partial charge in [0.25, 0.3) is 5.91 Å². The molecule has 11 nitrogen and oxygen atoms in total. The molecule has 2 N–H and O–H groups in total. The van der Waals surface area contributed by atoms with Crippen LogP contribution >= 0.6 is 0 Å². The average molecular weight is 678 g/mol. The molecule has 0 radical (unpaired) electrons. The molecule has 2 amide bonds. The molecule has 1 aromatic heterocycles. The number of alkyl halides is 3. The van der Waals surface area contributed by atoms with Gasteiger partial charge in [-0.2, -0.15) is 13.2 Å². The SMILES string of the molecule is COc1cc(S(C)(=O)=O)ccc1NCC#Cc1cc(C(=O)NC2CCN(C(=O)OC(C)(C)C)C[C@@H]2C)c2ncn(CC(F)(F)F)c2c1. The minimum absolute atomic E-state index is 0.0699. The number of carbonyl (C=O) groups is 2. The molecule has 0 saturated carbocycles. The predicted molar refractivity (Wildman–Crippen MR) is 170 cm³/mol. The molecule has 47 heavy (non-hydrogen) atoms. The molecule has 2 heterocycles. The summed E-state index contributed by atoms with van der Waals surface area (Å²) in [5.41, 5.74) is 0.401. The Morgan fingerprint density at radius 2 is 1.87 bits per heavy atom. The number of carbonyl (C=O) groups excluding carboxylic acids is 2. The summed E-state index contributed by atoms with van der Waals surface area (Å²) in [5, 5.41) is 6.01. The van der Waals surface area contributed by atoms with Crippen LogP contribution in [0.3, 0.4) is 0 Å². The Bertz CT molecular complexity index is 1820. The van der Waals surface area contributed by atoms with Gasteiger partial charge in [-0.3, -0.25) is 4.79 Å². The lowest BCUT2D eigenvalue weighted by Crippen LogP contribution is -2.52. The number of likely N-dealkylation sites (tertiary alicyclic amines) is 1. The molecule has 2 atom stereocenters. The van der Waals surface area contributed by atoms with Crippen LogP contribution in [0.4, 0.5) is 23.7 Å². The first-order valence-corrected chi connectivity index (χ1v) is 16.7. The fraction of sp³-hybridized carbons (Fsp3) is 0.469. The third-order valence-corrected chi connectivity index (χ3v) is 8.50. The van der Waals surface area contributed by atoms with E-state index in [0.717, 1.165) is 17.2 Å². The highest BCUT2D eigenvalue weighted by atomic mass is 32.2. The fourth-order valence-corrected chi connectivity index (χ4v) is 5.80. The summed E-state index contributed by atoms with van der Waals surface area (Å²) in [5.74, 6) is 5.42. The Morgan fingerprint density at radius 3 is 2.49 bits per heavy atom. The number of aromatic nitrogens is 2. The Kier molecular flexibility index (Phi) is 10.3. The number of amides is 2. The Labute approximate surface area is 271 Å². The van der Waals surface area contributed by atoms with E-state index < -0.39 is 40.2 Å². The maximum absolute atomic E-state index is 13.6. The zero-order valence-corrected chi connectivity index (χ0v) is 27.8. The number of fused-ring (bicyclic) bond motifs is 1. The molecule has 3 aromatic rings. The van der Waals surface area contributed by atoms with Gasteiger partial charge >= 0.3 is 12.3 Å². The molecular formula is C32H38F3N5O6S. The highest BCUT2D eigenvalue weighted by Gasteiger charge is 2.33. The predicted octanol–water partition coefficient (Wildman–Crippen LogP) is 4.85. The number of methoxy groups -OCH3 is 1. The number of imidazole rings is 1. The van der Waals surface area contributed by atoms with Crippen molar-refractivity contribution in [2.45, 2.75) is 63.4 Å². The van der Waals surface area contributed by atoms with Crippen LogP contribution in [0.25, 0.3) is 11.0 Å². The fourth-order valence-electron chi connectivity index (χ4n) is 5.16. The molecule has 1 fully saturated rings. The molecule has 254 valence electrons. The number of halogens is 3. The quantitative estimate of drug-likeness (QED) is 0.340. The van der Waals surface area contributed by atoms with Gasteiger partial charge in [0.2, 0.25) is 0 Å².